The standard InChI is InChI=1S/C28H43ClFN2O8P/c1-8-38-41(37)16-15-31(18-20-11-12-21(30)17-22(20)29)19-28(41,23(33)34)13-9-10-14-32(24(35)39-26(2,3)4)25(36)40-27(5,6)7/h11-12,17H,8-10,13-16,18-19H2,1-7H3,(H,33,34). The molecule has 2 amide bonds. The lowest BCUT2D eigenvalue weighted by atomic mass is 9.99. The molecule has 1 saturated heterocycles. The zero-order chi connectivity index (χ0) is 31.2. The maximum Gasteiger partial charge on any atom is 0.419 e. The molecule has 2 unspecified atom stereocenters. The van der Waals surface area contributed by atoms with Gasteiger partial charge in [-0.1, -0.05) is 17.7 Å². The number of carboxylic acid groups (broad SMARTS) is 1. The number of carbonyl (C=O) groups excluding carboxylic acids is 2. The van der Waals surface area contributed by atoms with Crippen molar-refractivity contribution >= 4 is 37.1 Å². The van der Waals surface area contributed by atoms with Crippen LogP contribution in [0.4, 0.5) is 14.0 Å². The van der Waals surface area contributed by atoms with Crippen LogP contribution in [-0.4, -0.2) is 81.8 Å². The summed E-state index contributed by atoms with van der Waals surface area (Å²) in [6, 6.07) is 4.01. The predicted octanol–water partition coefficient (Wildman–Crippen LogP) is 6.78. The molecule has 232 valence electrons. The minimum absolute atomic E-state index is 0.0217. The molecule has 0 spiro atoms. The molecule has 1 aromatic rings. The van der Waals surface area contributed by atoms with Gasteiger partial charge in [0.05, 0.1) is 6.61 Å². The number of amides is 2. The Bertz CT molecular complexity index is 1120. The molecule has 1 aliphatic heterocycles. The number of rotatable bonds is 10. The number of carbonyl (C=O) groups is 3. The van der Waals surface area contributed by atoms with Gasteiger partial charge in [-0.05, 0) is 85.4 Å². The Morgan fingerprint density at radius 3 is 2.17 bits per heavy atom. The van der Waals surface area contributed by atoms with Crippen LogP contribution in [0.2, 0.25) is 5.02 Å². The topological polar surface area (TPSA) is 123 Å². The minimum Gasteiger partial charge on any atom is -0.480 e. The second-order valence-electron chi connectivity index (χ2n) is 12.2. The molecule has 0 bridgehead atoms. The number of halogens is 2. The Morgan fingerprint density at radius 2 is 1.68 bits per heavy atom. The Morgan fingerprint density at radius 1 is 1.10 bits per heavy atom. The molecule has 1 fully saturated rings. The van der Waals surface area contributed by atoms with Gasteiger partial charge in [0.2, 0.25) is 7.37 Å². The molecule has 13 heteroatoms. The van der Waals surface area contributed by atoms with Gasteiger partial charge < -0.3 is 19.1 Å². The maximum atomic E-state index is 14.0. The number of nitrogens with zero attached hydrogens (tertiary/aromatic N) is 2. The summed E-state index contributed by atoms with van der Waals surface area (Å²) < 4.78 is 44.0. The molecule has 10 nitrogen and oxygen atoms in total. The summed E-state index contributed by atoms with van der Waals surface area (Å²) in [6.07, 6.45) is -1.32. The van der Waals surface area contributed by atoms with Crippen molar-refractivity contribution < 1.29 is 42.4 Å². The van der Waals surface area contributed by atoms with Gasteiger partial charge >= 0.3 is 18.2 Å². The molecule has 2 rings (SSSR count). The highest BCUT2D eigenvalue weighted by Gasteiger charge is 2.58. The maximum absolute atomic E-state index is 14.0. The van der Waals surface area contributed by atoms with E-state index in [9.17, 15) is 28.4 Å². The van der Waals surface area contributed by atoms with Crippen molar-refractivity contribution in [3.63, 3.8) is 0 Å². The zero-order valence-electron chi connectivity index (χ0n) is 25.0. The highest BCUT2D eigenvalue weighted by Crippen LogP contribution is 2.63. The lowest BCUT2D eigenvalue weighted by Gasteiger charge is -2.45. The fraction of sp³-hybridized carbons (Fsp3) is 0.679. The van der Waals surface area contributed by atoms with E-state index in [1.54, 1.807) is 54.5 Å². The summed E-state index contributed by atoms with van der Waals surface area (Å²) in [7, 11) is -3.66. The average Bonchev–Trinajstić information content (AvgIpc) is 2.80. The Balaban J connectivity index is 2.25. The van der Waals surface area contributed by atoms with Crippen molar-refractivity contribution in [3.8, 4) is 0 Å². The van der Waals surface area contributed by atoms with Gasteiger partial charge in [0.25, 0.3) is 0 Å². The smallest absolute Gasteiger partial charge is 0.419 e. The number of hydrogen-bond donors (Lipinski definition) is 1. The van der Waals surface area contributed by atoms with Crippen LogP contribution in [0.5, 0.6) is 0 Å². The van der Waals surface area contributed by atoms with E-state index >= 15 is 0 Å². The number of unbranched alkanes of at least 4 members (excludes halogenated alkanes) is 1. The zero-order valence-corrected chi connectivity index (χ0v) is 26.6. The third-order valence-corrected chi connectivity index (χ3v) is 10.1. The van der Waals surface area contributed by atoms with Gasteiger partial charge in [0.1, 0.15) is 17.0 Å². The lowest BCUT2D eigenvalue weighted by molar-refractivity contribution is -0.141. The van der Waals surface area contributed by atoms with Gasteiger partial charge in [-0.15, -0.1) is 0 Å². The fourth-order valence-electron chi connectivity index (χ4n) is 4.61. The fourth-order valence-corrected chi connectivity index (χ4v) is 7.81. The first-order valence-electron chi connectivity index (χ1n) is 13.7. The molecule has 41 heavy (non-hydrogen) atoms. The molecule has 0 saturated carbocycles. The van der Waals surface area contributed by atoms with E-state index in [0.29, 0.717) is 12.1 Å². The largest absolute Gasteiger partial charge is 0.480 e. The van der Waals surface area contributed by atoms with E-state index in [1.807, 2.05) is 4.90 Å². The highest BCUT2D eigenvalue weighted by atomic mass is 35.5. The number of aliphatic carboxylic acids is 1. The first-order valence-corrected chi connectivity index (χ1v) is 15.9. The number of hydrogen-bond acceptors (Lipinski definition) is 8. The van der Waals surface area contributed by atoms with Crippen molar-refractivity contribution in [3.05, 3.63) is 34.6 Å². The lowest BCUT2D eigenvalue weighted by Crippen LogP contribution is -2.54. The Kier molecular flexibility index (Phi) is 11.8. The number of carboxylic acids is 1. The monoisotopic (exact) mass is 620 g/mol. The van der Waals surface area contributed by atoms with Crippen LogP contribution in [0, 0.1) is 5.82 Å². The Labute approximate surface area is 246 Å². The first-order chi connectivity index (χ1) is 18.8. The van der Waals surface area contributed by atoms with E-state index in [1.165, 1.54) is 12.1 Å². The van der Waals surface area contributed by atoms with Gasteiger partial charge in [-0.2, -0.15) is 0 Å². The molecule has 1 N–H and O–H groups in total. The van der Waals surface area contributed by atoms with E-state index in [-0.39, 0.29) is 56.7 Å². The summed E-state index contributed by atoms with van der Waals surface area (Å²) in [5, 5.41) is 8.94. The summed E-state index contributed by atoms with van der Waals surface area (Å²) in [5.74, 6) is -1.73. The molecule has 1 aromatic carbocycles. The van der Waals surface area contributed by atoms with Crippen LogP contribution in [0.25, 0.3) is 0 Å². The quantitative estimate of drug-likeness (QED) is 0.223. The molecule has 0 aliphatic carbocycles. The third kappa shape index (κ3) is 9.66. The van der Waals surface area contributed by atoms with Crippen molar-refractivity contribution in [2.45, 2.75) is 90.6 Å². The van der Waals surface area contributed by atoms with Crippen LogP contribution in [0.3, 0.4) is 0 Å². The molecular formula is C28H43ClFN2O8P. The molecule has 0 aromatic heterocycles. The molecule has 1 heterocycles. The van der Waals surface area contributed by atoms with Crippen LogP contribution >= 0.6 is 19.0 Å². The average molecular weight is 621 g/mol. The van der Waals surface area contributed by atoms with Gasteiger partial charge in [0, 0.05) is 37.4 Å². The second-order valence-corrected chi connectivity index (χ2v) is 15.5. The first kappa shape index (κ1) is 35.0. The summed E-state index contributed by atoms with van der Waals surface area (Å²) in [6.45, 7) is 12.2. The van der Waals surface area contributed by atoms with Crippen LogP contribution in [0.1, 0.15) is 73.3 Å². The van der Waals surface area contributed by atoms with Crippen molar-refractivity contribution in [1.82, 2.24) is 9.80 Å². The molecule has 0 radical (unpaired) electrons. The van der Waals surface area contributed by atoms with Crippen molar-refractivity contribution in [1.29, 1.82) is 0 Å². The van der Waals surface area contributed by atoms with E-state index in [2.05, 4.69) is 0 Å². The molecule has 1 aliphatic rings. The number of benzene rings is 1. The van der Waals surface area contributed by atoms with Crippen molar-refractivity contribution in [2.75, 3.05) is 32.4 Å². The normalized spacial score (nSPS) is 21.8. The number of imide groups is 1. The summed E-state index contributed by atoms with van der Waals surface area (Å²) >= 11 is 6.21. The van der Waals surface area contributed by atoms with E-state index < -0.39 is 47.7 Å². The minimum atomic E-state index is -3.66. The molecular weight excluding hydrogens is 578 g/mol. The van der Waals surface area contributed by atoms with E-state index in [4.69, 9.17) is 25.6 Å². The van der Waals surface area contributed by atoms with Gasteiger partial charge in [-0.3, -0.25) is 14.3 Å². The highest BCUT2D eigenvalue weighted by molar-refractivity contribution is 7.62. The summed E-state index contributed by atoms with van der Waals surface area (Å²) in [4.78, 5) is 41.1. The summed E-state index contributed by atoms with van der Waals surface area (Å²) in [5.41, 5.74) is -1.09. The third-order valence-electron chi connectivity index (χ3n) is 6.44. The number of ether oxygens (including phenoxy) is 2. The Hall–Kier alpha value is -2.20. The van der Waals surface area contributed by atoms with Crippen LogP contribution < -0.4 is 0 Å². The predicted molar refractivity (Wildman–Crippen MR) is 154 cm³/mol. The van der Waals surface area contributed by atoms with Crippen molar-refractivity contribution in [2.24, 2.45) is 0 Å². The van der Waals surface area contributed by atoms with Gasteiger partial charge in [-0.25, -0.2) is 18.9 Å². The SMILES string of the molecule is CCOP1(=O)CCN(Cc2ccc(F)cc2Cl)CC1(CCCCN(C(=O)OC(C)(C)C)C(=O)OC(C)(C)C)C(=O)O. The van der Waals surface area contributed by atoms with Gasteiger partial charge in [0.15, 0.2) is 5.16 Å². The van der Waals surface area contributed by atoms with Crippen LogP contribution in [0.15, 0.2) is 18.2 Å². The van der Waals surface area contributed by atoms with Crippen LogP contribution in [-0.2, 0) is 29.9 Å². The van der Waals surface area contributed by atoms with E-state index in [0.717, 1.165) is 4.90 Å². The molecule has 2 atom stereocenters. The second kappa shape index (κ2) is 13.8.